The van der Waals surface area contributed by atoms with Crippen molar-refractivity contribution in [3.8, 4) is 5.75 Å². The van der Waals surface area contributed by atoms with Crippen LogP contribution in [0.4, 0.5) is 0 Å². The highest BCUT2D eigenvalue weighted by Crippen LogP contribution is 2.12. The van der Waals surface area contributed by atoms with Gasteiger partial charge in [0.05, 0.1) is 13.5 Å². The van der Waals surface area contributed by atoms with Crippen molar-refractivity contribution < 1.29 is 19.1 Å². The molecule has 0 heterocycles. The van der Waals surface area contributed by atoms with Crippen LogP contribution in [0.25, 0.3) is 0 Å². The lowest BCUT2D eigenvalue weighted by Gasteiger charge is -2.08. The Morgan fingerprint density at radius 1 is 1.22 bits per heavy atom. The molecule has 1 atom stereocenters. The number of Topliss-reactive ketones (excluding diaryl/α,β-unsaturated/α-hetero) is 1. The second-order valence-electron chi connectivity index (χ2n) is 4.22. The van der Waals surface area contributed by atoms with Gasteiger partial charge in [-0.05, 0) is 24.6 Å². The van der Waals surface area contributed by atoms with Gasteiger partial charge in [0.1, 0.15) is 18.1 Å². The van der Waals surface area contributed by atoms with Gasteiger partial charge >= 0.3 is 5.97 Å². The second-order valence-corrected chi connectivity index (χ2v) is 4.22. The van der Waals surface area contributed by atoms with Crippen molar-refractivity contribution in [2.45, 2.75) is 26.9 Å². The average molecular weight is 250 g/mol. The van der Waals surface area contributed by atoms with Crippen LogP contribution in [0.1, 0.15) is 25.8 Å². The molecule has 0 bridgehead atoms. The van der Waals surface area contributed by atoms with Crippen molar-refractivity contribution in [1.29, 1.82) is 0 Å². The van der Waals surface area contributed by atoms with Crippen LogP contribution in [0.2, 0.25) is 0 Å². The molecule has 4 nitrogen and oxygen atoms in total. The first-order chi connectivity index (χ1) is 8.52. The lowest BCUT2D eigenvalue weighted by atomic mass is 10.0. The molecule has 1 rings (SSSR count). The van der Waals surface area contributed by atoms with E-state index in [9.17, 15) is 9.59 Å². The van der Waals surface area contributed by atoms with E-state index in [1.54, 1.807) is 26.2 Å². The summed E-state index contributed by atoms with van der Waals surface area (Å²) in [6, 6.07) is 7.28. The van der Waals surface area contributed by atoms with Gasteiger partial charge in [0.15, 0.2) is 0 Å². The first-order valence-electron chi connectivity index (χ1n) is 5.82. The van der Waals surface area contributed by atoms with Crippen LogP contribution in [-0.4, -0.2) is 18.9 Å². The first-order valence-corrected chi connectivity index (χ1v) is 5.82. The van der Waals surface area contributed by atoms with E-state index in [4.69, 9.17) is 9.47 Å². The zero-order valence-corrected chi connectivity index (χ0v) is 10.9. The minimum absolute atomic E-state index is 0.00334. The molecule has 0 aliphatic rings. The van der Waals surface area contributed by atoms with E-state index in [-0.39, 0.29) is 30.7 Å². The molecular formula is C14H18O4. The van der Waals surface area contributed by atoms with Gasteiger partial charge in [-0.2, -0.15) is 0 Å². The fourth-order valence-corrected chi connectivity index (χ4v) is 1.34. The molecule has 0 saturated carbocycles. The minimum atomic E-state index is -0.353. The van der Waals surface area contributed by atoms with Crippen LogP contribution in [0.3, 0.4) is 0 Å². The van der Waals surface area contributed by atoms with Crippen LogP contribution in [0, 0.1) is 5.92 Å². The summed E-state index contributed by atoms with van der Waals surface area (Å²) in [5.41, 5.74) is 0.889. The average Bonchev–Trinajstić information content (AvgIpc) is 2.36. The van der Waals surface area contributed by atoms with Gasteiger partial charge in [-0.1, -0.05) is 19.1 Å². The van der Waals surface area contributed by atoms with Gasteiger partial charge in [-0.3, -0.25) is 9.59 Å². The predicted molar refractivity (Wildman–Crippen MR) is 67.3 cm³/mol. The maximum absolute atomic E-state index is 11.5. The Bertz CT molecular complexity index is 408. The number of methoxy groups -OCH3 is 1. The minimum Gasteiger partial charge on any atom is -0.497 e. The lowest BCUT2D eigenvalue weighted by Crippen LogP contribution is -2.14. The van der Waals surface area contributed by atoms with Crippen LogP contribution < -0.4 is 4.74 Å². The molecule has 0 spiro atoms. The van der Waals surface area contributed by atoms with E-state index in [1.807, 2.05) is 12.1 Å². The van der Waals surface area contributed by atoms with Crippen molar-refractivity contribution in [3.05, 3.63) is 29.8 Å². The molecule has 0 aliphatic heterocycles. The summed E-state index contributed by atoms with van der Waals surface area (Å²) >= 11 is 0. The third-order valence-corrected chi connectivity index (χ3v) is 2.73. The van der Waals surface area contributed by atoms with Gasteiger partial charge in [0.25, 0.3) is 0 Å². The van der Waals surface area contributed by atoms with E-state index < -0.39 is 0 Å². The Hall–Kier alpha value is -1.84. The molecule has 0 unspecified atom stereocenters. The van der Waals surface area contributed by atoms with Crippen LogP contribution >= 0.6 is 0 Å². The third kappa shape index (κ3) is 4.57. The summed E-state index contributed by atoms with van der Waals surface area (Å²) in [5.74, 6) is 0.119. The van der Waals surface area contributed by atoms with E-state index in [1.165, 1.54) is 6.92 Å². The van der Waals surface area contributed by atoms with E-state index in [0.29, 0.717) is 0 Å². The molecule has 1 aromatic carbocycles. The maximum atomic E-state index is 11.5. The largest absolute Gasteiger partial charge is 0.497 e. The van der Waals surface area contributed by atoms with Gasteiger partial charge in [-0.25, -0.2) is 0 Å². The number of esters is 1. The summed E-state index contributed by atoms with van der Waals surface area (Å²) in [6.45, 7) is 3.41. The molecule has 0 aromatic heterocycles. The summed E-state index contributed by atoms with van der Waals surface area (Å²) in [6.07, 6.45) is 0.130. The molecule has 0 aliphatic carbocycles. The van der Waals surface area contributed by atoms with E-state index >= 15 is 0 Å². The SMILES string of the molecule is COc1ccc(COC(=O)C[C@H](C)C(C)=O)cc1. The predicted octanol–water partition coefficient (Wildman–Crippen LogP) is 2.35. The zero-order chi connectivity index (χ0) is 13.5. The monoisotopic (exact) mass is 250 g/mol. The molecule has 0 fully saturated rings. The summed E-state index contributed by atoms with van der Waals surface area (Å²) in [4.78, 5) is 22.5. The van der Waals surface area contributed by atoms with Crippen LogP contribution in [0.5, 0.6) is 5.75 Å². The summed E-state index contributed by atoms with van der Waals surface area (Å²) in [5, 5.41) is 0. The molecule has 4 heteroatoms. The number of hydrogen-bond acceptors (Lipinski definition) is 4. The number of ether oxygens (including phenoxy) is 2. The topological polar surface area (TPSA) is 52.6 Å². The molecular weight excluding hydrogens is 232 g/mol. The second kappa shape index (κ2) is 6.79. The fourth-order valence-electron chi connectivity index (χ4n) is 1.34. The smallest absolute Gasteiger partial charge is 0.306 e. The molecule has 18 heavy (non-hydrogen) atoms. The Labute approximate surface area is 107 Å². The van der Waals surface area contributed by atoms with Gasteiger partial charge in [-0.15, -0.1) is 0 Å². The number of ketones is 1. The highest BCUT2D eigenvalue weighted by Gasteiger charge is 2.14. The van der Waals surface area contributed by atoms with Gasteiger partial charge in [0, 0.05) is 5.92 Å². The van der Waals surface area contributed by atoms with Crippen LogP contribution in [-0.2, 0) is 20.9 Å². The zero-order valence-electron chi connectivity index (χ0n) is 10.9. The summed E-state index contributed by atoms with van der Waals surface area (Å²) in [7, 11) is 1.60. The van der Waals surface area contributed by atoms with Gasteiger partial charge < -0.3 is 9.47 Å². The number of hydrogen-bond donors (Lipinski definition) is 0. The van der Waals surface area contributed by atoms with E-state index in [2.05, 4.69) is 0 Å². The maximum Gasteiger partial charge on any atom is 0.306 e. The van der Waals surface area contributed by atoms with E-state index in [0.717, 1.165) is 11.3 Å². The quantitative estimate of drug-likeness (QED) is 0.727. The van der Waals surface area contributed by atoms with Crippen molar-refractivity contribution in [3.63, 3.8) is 0 Å². The third-order valence-electron chi connectivity index (χ3n) is 2.73. The van der Waals surface area contributed by atoms with Crippen molar-refractivity contribution in [2.75, 3.05) is 7.11 Å². The molecule has 1 aromatic rings. The molecule has 0 radical (unpaired) electrons. The van der Waals surface area contributed by atoms with Crippen molar-refractivity contribution >= 4 is 11.8 Å². The fraction of sp³-hybridized carbons (Fsp3) is 0.429. The van der Waals surface area contributed by atoms with Crippen molar-refractivity contribution in [1.82, 2.24) is 0 Å². The summed E-state index contributed by atoms with van der Waals surface area (Å²) < 4.78 is 10.1. The highest BCUT2D eigenvalue weighted by molar-refractivity contribution is 5.83. The molecule has 98 valence electrons. The first kappa shape index (κ1) is 14.2. The Balaban J connectivity index is 2.40. The van der Waals surface area contributed by atoms with Crippen molar-refractivity contribution in [2.24, 2.45) is 5.92 Å². The lowest BCUT2D eigenvalue weighted by molar-refractivity contribution is -0.147. The number of rotatable bonds is 6. The van der Waals surface area contributed by atoms with Crippen LogP contribution in [0.15, 0.2) is 24.3 Å². The molecule has 0 N–H and O–H groups in total. The Morgan fingerprint density at radius 3 is 2.33 bits per heavy atom. The molecule has 0 saturated heterocycles. The number of carbonyl (C=O) groups is 2. The Kier molecular flexibility index (Phi) is 5.36. The normalized spacial score (nSPS) is 11.7. The number of benzene rings is 1. The van der Waals surface area contributed by atoms with Gasteiger partial charge in [0.2, 0.25) is 0 Å². The Morgan fingerprint density at radius 2 is 1.83 bits per heavy atom. The standard InChI is InChI=1S/C14H18O4/c1-10(11(2)15)8-14(16)18-9-12-4-6-13(17-3)7-5-12/h4-7,10H,8-9H2,1-3H3/t10-/m0/s1. The molecule has 0 amide bonds. The highest BCUT2D eigenvalue weighted by atomic mass is 16.5. The number of carbonyl (C=O) groups excluding carboxylic acids is 2.